The molecule has 0 unspecified atom stereocenters. The van der Waals surface area contributed by atoms with Crippen molar-refractivity contribution < 1.29 is 23.6 Å². The Kier molecular flexibility index (Phi) is 6.33. The maximum atomic E-state index is 13.8. The fourth-order valence-electron chi connectivity index (χ4n) is 2.56. The number of halogens is 1. The van der Waals surface area contributed by atoms with Gasteiger partial charge in [0, 0.05) is 17.8 Å². The van der Waals surface area contributed by atoms with Gasteiger partial charge in [-0.1, -0.05) is 30.3 Å². The lowest BCUT2D eigenvalue weighted by atomic mass is 10.1. The number of esters is 1. The summed E-state index contributed by atoms with van der Waals surface area (Å²) in [6, 6.07) is 18.5. The Morgan fingerprint density at radius 3 is 2.40 bits per heavy atom. The first-order chi connectivity index (χ1) is 14.4. The van der Waals surface area contributed by atoms with Crippen molar-refractivity contribution in [2.45, 2.75) is 0 Å². The predicted molar refractivity (Wildman–Crippen MR) is 108 cm³/mol. The molecule has 3 aromatic carbocycles. The molecule has 1 amide bonds. The Morgan fingerprint density at radius 2 is 1.67 bits per heavy atom. The molecule has 0 bridgehead atoms. The van der Waals surface area contributed by atoms with Crippen LogP contribution in [0.25, 0.3) is 0 Å². The van der Waals surface area contributed by atoms with Gasteiger partial charge in [-0.15, -0.1) is 0 Å². The molecule has 30 heavy (non-hydrogen) atoms. The number of non-ortho nitro benzene ring substituents is 1. The van der Waals surface area contributed by atoms with Gasteiger partial charge in [-0.3, -0.25) is 14.9 Å². The average molecular weight is 409 g/mol. The number of ether oxygens (including phenoxy) is 1. The second kappa shape index (κ2) is 9.28. The van der Waals surface area contributed by atoms with Gasteiger partial charge in [-0.05, 0) is 30.3 Å². The molecule has 0 aliphatic heterocycles. The molecule has 0 saturated heterocycles. The van der Waals surface area contributed by atoms with Gasteiger partial charge in [-0.2, -0.15) is 0 Å². The average Bonchev–Trinajstić information content (AvgIpc) is 2.74. The SMILES string of the molecule is O=C(COC(=O)c1ccccc1Nc1ccccc1)Nc1cc([N+](=O)[O-])ccc1F. The van der Waals surface area contributed by atoms with Crippen LogP contribution >= 0.6 is 0 Å². The van der Waals surface area contributed by atoms with Crippen LogP contribution in [0, 0.1) is 15.9 Å². The number of nitrogens with zero attached hydrogens (tertiary/aromatic N) is 1. The number of nitro benzene ring substituents is 1. The van der Waals surface area contributed by atoms with E-state index in [9.17, 15) is 24.1 Å². The minimum atomic E-state index is -0.849. The van der Waals surface area contributed by atoms with Crippen molar-refractivity contribution in [1.29, 1.82) is 0 Å². The van der Waals surface area contributed by atoms with E-state index in [0.29, 0.717) is 5.69 Å². The maximum absolute atomic E-state index is 13.8. The van der Waals surface area contributed by atoms with Crippen molar-refractivity contribution in [1.82, 2.24) is 0 Å². The Morgan fingerprint density at radius 1 is 0.967 bits per heavy atom. The van der Waals surface area contributed by atoms with Crippen LogP contribution < -0.4 is 10.6 Å². The minimum Gasteiger partial charge on any atom is -0.452 e. The summed E-state index contributed by atoms with van der Waals surface area (Å²) in [6.45, 7) is -0.694. The van der Waals surface area contributed by atoms with Crippen molar-refractivity contribution in [2.24, 2.45) is 0 Å². The number of benzene rings is 3. The van der Waals surface area contributed by atoms with Crippen molar-refractivity contribution in [3.63, 3.8) is 0 Å². The second-order valence-electron chi connectivity index (χ2n) is 6.08. The van der Waals surface area contributed by atoms with Crippen molar-refractivity contribution in [3.8, 4) is 0 Å². The Hall–Kier alpha value is -4.27. The van der Waals surface area contributed by atoms with E-state index >= 15 is 0 Å². The minimum absolute atomic E-state index is 0.204. The largest absolute Gasteiger partial charge is 0.452 e. The van der Waals surface area contributed by atoms with E-state index in [0.717, 1.165) is 23.9 Å². The number of nitrogens with one attached hydrogen (secondary N) is 2. The van der Waals surface area contributed by atoms with E-state index in [4.69, 9.17) is 4.74 Å². The third-order valence-electron chi connectivity index (χ3n) is 3.97. The number of hydrogen-bond donors (Lipinski definition) is 2. The van der Waals surface area contributed by atoms with Crippen LogP contribution in [-0.4, -0.2) is 23.4 Å². The number of carbonyl (C=O) groups excluding carboxylic acids is 2. The first-order valence-electron chi connectivity index (χ1n) is 8.76. The monoisotopic (exact) mass is 409 g/mol. The smallest absolute Gasteiger partial charge is 0.340 e. The lowest BCUT2D eigenvalue weighted by Gasteiger charge is -2.12. The standard InChI is InChI=1S/C21H16FN3O5/c22-17-11-10-15(25(28)29)12-19(17)24-20(26)13-30-21(27)16-8-4-5-9-18(16)23-14-6-2-1-3-7-14/h1-12,23H,13H2,(H,24,26). The molecule has 152 valence electrons. The quantitative estimate of drug-likeness (QED) is 0.342. The molecule has 0 aromatic heterocycles. The van der Waals surface area contributed by atoms with Gasteiger partial charge < -0.3 is 15.4 Å². The number of amides is 1. The highest BCUT2D eigenvalue weighted by Crippen LogP contribution is 2.22. The summed E-state index contributed by atoms with van der Waals surface area (Å²) < 4.78 is 18.8. The molecule has 0 heterocycles. The van der Waals surface area contributed by atoms with Gasteiger partial charge in [0.15, 0.2) is 6.61 Å². The summed E-state index contributed by atoms with van der Waals surface area (Å²) in [5, 5.41) is 16.0. The van der Waals surface area contributed by atoms with Gasteiger partial charge in [0.25, 0.3) is 11.6 Å². The molecule has 8 nitrogen and oxygen atoms in total. The fraction of sp³-hybridized carbons (Fsp3) is 0.0476. The molecule has 0 atom stereocenters. The second-order valence-corrected chi connectivity index (χ2v) is 6.08. The zero-order valence-electron chi connectivity index (χ0n) is 15.5. The normalized spacial score (nSPS) is 10.2. The third-order valence-corrected chi connectivity index (χ3v) is 3.97. The molecule has 0 saturated carbocycles. The molecular weight excluding hydrogens is 393 g/mol. The summed E-state index contributed by atoms with van der Waals surface area (Å²) in [5.74, 6) is -2.45. The summed E-state index contributed by atoms with van der Waals surface area (Å²) in [6.07, 6.45) is 0. The van der Waals surface area contributed by atoms with Gasteiger partial charge >= 0.3 is 5.97 Å². The number of anilines is 3. The Bertz CT molecular complexity index is 1090. The van der Waals surface area contributed by atoms with E-state index in [1.807, 2.05) is 30.3 Å². The van der Waals surface area contributed by atoms with Crippen LogP contribution in [0.1, 0.15) is 10.4 Å². The highest BCUT2D eigenvalue weighted by Gasteiger charge is 2.17. The zero-order chi connectivity index (χ0) is 21.5. The molecule has 3 rings (SSSR count). The number of para-hydroxylation sites is 2. The summed E-state index contributed by atoms with van der Waals surface area (Å²) in [5.41, 5.74) is 0.687. The first-order valence-corrected chi connectivity index (χ1v) is 8.76. The first kappa shape index (κ1) is 20.5. The van der Waals surface area contributed by atoms with E-state index in [-0.39, 0.29) is 16.9 Å². The Balaban J connectivity index is 1.64. The van der Waals surface area contributed by atoms with Gasteiger partial charge in [-0.25, -0.2) is 9.18 Å². The summed E-state index contributed by atoms with van der Waals surface area (Å²) in [4.78, 5) is 34.5. The molecule has 0 fully saturated rings. The van der Waals surface area contributed by atoms with Crippen LogP contribution in [-0.2, 0) is 9.53 Å². The number of carbonyl (C=O) groups is 2. The number of hydrogen-bond acceptors (Lipinski definition) is 6. The molecule has 0 spiro atoms. The number of nitro groups is 1. The molecule has 9 heteroatoms. The van der Waals surface area contributed by atoms with Gasteiger partial charge in [0.1, 0.15) is 5.82 Å². The van der Waals surface area contributed by atoms with Crippen LogP contribution in [0.3, 0.4) is 0 Å². The summed E-state index contributed by atoms with van der Waals surface area (Å²) in [7, 11) is 0. The van der Waals surface area contributed by atoms with E-state index in [2.05, 4.69) is 10.6 Å². The molecule has 0 aliphatic carbocycles. The Labute approximate surface area is 170 Å². The fourth-order valence-corrected chi connectivity index (χ4v) is 2.56. The third kappa shape index (κ3) is 5.16. The number of rotatable bonds is 7. The van der Waals surface area contributed by atoms with Crippen molar-refractivity contribution >= 4 is 34.6 Å². The topological polar surface area (TPSA) is 111 Å². The lowest BCUT2D eigenvalue weighted by molar-refractivity contribution is -0.384. The van der Waals surface area contributed by atoms with Gasteiger partial charge in [0.05, 0.1) is 21.9 Å². The van der Waals surface area contributed by atoms with E-state index < -0.39 is 29.2 Å². The van der Waals surface area contributed by atoms with Gasteiger partial charge in [0.2, 0.25) is 0 Å². The van der Waals surface area contributed by atoms with Crippen LogP contribution in [0.4, 0.5) is 27.1 Å². The molecule has 0 aliphatic rings. The van der Waals surface area contributed by atoms with Crippen molar-refractivity contribution in [3.05, 3.63) is 94.3 Å². The van der Waals surface area contributed by atoms with E-state index in [1.165, 1.54) is 6.07 Å². The summed E-state index contributed by atoms with van der Waals surface area (Å²) >= 11 is 0. The molecule has 3 aromatic rings. The maximum Gasteiger partial charge on any atom is 0.340 e. The molecule has 0 radical (unpaired) electrons. The van der Waals surface area contributed by atoms with Crippen molar-refractivity contribution in [2.75, 3.05) is 17.2 Å². The zero-order valence-corrected chi connectivity index (χ0v) is 15.5. The van der Waals surface area contributed by atoms with Crippen LogP contribution in [0.5, 0.6) is 0 Å². The molecule has 2 N–H and O–H groups in total. The van der Waals surface area contributed by atoms with Crippen LogP contribution in [0.2, 0.25) is 0 Å². The predicted octanol–water partition coefficient (Wildman–Crippen LogP) is 4.27. The van der Waals surface area contributed by atoms with Crippen LogP contribution in [0.15, 0.2) is 72.8 Å². The highest BCUT2D eigenvalue weighted by molar-refractivity contribution is 5.99. The highest BCUT2D eigenvalue weighted by atomic mass is 19.1. The van der Waals surface area contributed by atoms with E-state index in [1.54, 1.807) is 18.2 Å². The lowest BCUT2D eigenvalue weighted by Crippen LogP contribution is -2.22. The molecular formula is C21H16FN3O5.